The normalized spacial score (nSPS) is 12.1. The zero-order valence-corrected chi connectivity index (χ0v) is 15.6. The summed E-state index contributed by atoms with van der Waals surface area (Å²) < 4.78 is 34.7. The van der Waals surface area contributed by atoms with Crippen molar-refractivity contribution in [3.63, 3.8) is 0 Å². The number of carbonyl (C=O) groups excluding carboxylic acids is 1. The number of halogens is 2. The molecule has 1 atom stereocenters. The van der Waals surface area contributed by atoms with E-state index in [9.17, 15) is 13.6 Å². The second kappa shape index (κ2) is 9.87. The Morgan fingerprint density at radius 1 is 1.07 bits per heavy atom. The van der Waals surface area contributed by atoms with E-state index in [-0.39, 0.29) is 17.4 Å². The third-order valence-electron chi connectivity index (χ3n) is 4.19. The number of methoxy groups -OCH3 is 1. The summed E-state index contributed by atoms with van der Waals surface area (Å²) in [6.45, 7) is 2.35. The fourth-order valence-corrected chi connectivity index (χ4v) is 2.91. The number of ether oxygens (including phenoxy) is 2. The molecule has 0 bridgehead atoms. The van der Waals surface area contributed by atoms with Crippen LogP contribution < -0.4 is 14.8 Å². The van der Waals surface area contributed by atoms with Gasteiger partial charge in [-0.1, -0.05) is 44.2 Å². The van der Waals surface area contributed by atoms with Crippen molar-refractivity contribution in [2.75, 3.05) is 25.5 Å². The van der Waals surface area contributed by atoms with Gasteiger partial charge < -0.3 is 14.8 Å². The Morgan fingerprint density at radius 2 is 1.74 bits per heavy atom. The van der Waals surface area contributed by atoms with E-state index in [4.69, 9.17) is 4.74 Å². The molecular weight excluding hydrogens is 354 g/mol. The van der Waals surface area contributed by atoms with Gasteiger partial charge in [-0.25, -0.2) is 0 Å². The fourth-order valence-electron chi connectivity index (χ4n) is 2.91. The minimum atomic E-state index is -2.99. The van der Waals surface area contributed by atoms with Gasteiger partial charge in [0, 0.05) is 11.8 Å². The van der Waals surface area contributed by atoms with Crippen LogP contribution in [0.25, 0.3) is 0 Å². The summed E-state index contributed by atoms with van der Waals surface area (Å²) in [4.78, 5) is 15.0. The second-order valence-corrected chi connectivity index (χ2v) is 5.77. The van der Waals surface area contributed by atoms with Crippen molar-refractivity contribution in [3.05, 3.63) is 54.1 Å². The molecule has 146 valence electrons. The molecule has 0 fully saturated rings. The first-order chi connectivity index (χ1) is 13.0. The van der Waals surface area contributed by atoms with Crippen LogP contribution in [0.3, 0.4) is 0 Å². The largest absolute Gasteiger partial charge is 0.493 e. The number of nitrogens with one attached hydrogen (secondary N) is 1. The summed E-state index contributed by atoms with van der Waals surface area (Å²) in [5.74, 6) is -0.223. The summed E-state index contributed by atoms with van der Waals surface area (Å²) in [6, 6.07) is 13.3. The van der Waals surface area contributed by atoms with Gasteiger partial charge >= 0.3 is 6.61 Å². The molecule has 2 aromatic carbocycles. The van der Waals surface area contributed by atoms with Gasteiger partial charge in [-0.2, -0.15) is 8.78 Å². The Labute approximate surface area is 157 Å². The van der Waals surface area contributed by atoms with Crippen molar-refractivity contribution in [2.24, 2.45) is 0 Å². The molecule has 5 nitrogen and oxygen atoms in total. The van der Waals surface area contributed by atoms with Gasteiger partial charge in [0.2, 0.25) is 5.91 Å². The van der Waals surface area contributed by atoms with E-state index in [1.165, 1.54) is 19.2 Å². The van der Waals surface area contributed by atoms with Gasteiger partial charge in [-0.05, 0) is 30.8 Å². The number of likely N-dealkylation sites (N-methyl/N-ethyl adjacent to an activating group) is 1. The molecule has 1 amide bonds. The third-order valence-corrected chi connectivity index (χ3v) is 4.19. The Kier molecular flexibility index (Phi) is 7.55. The maximum atomic E-state index is 13.0. The molecule has 0 saturated carbocycles. The molecule has 0 aliphatic rings. The number of hydrogen-bond donors (Lipinski definition) is 1. The molecule has 7 heteroatoms. The number of amides is 1. The van der Waals surface area contributed by atoms with Crippen LogP contribution in [0.1, 0.15) is 25.5 Å². The molecule has 0 spiro atoms. The minimum Gasteiger partial charge on any atom is -0.493 e. The van der Waals surface area contributed by atoms with E-state index < -0.39 is 12.7 Å². The monoisotopic (exact) mass is 378 g/mol. The number of anilines is 1. The van der Waals surface area contributed by atoms with E-state index in [0.29, 0.717) is 18.8 Å². The lowest BCUT2D eigenvalue weighted by atomic mass is 10.0. The molecule has 0 aliphatic carbocycles. The molecule has 0 radical (unpaired) electrons. The number of alkyl halides is 2. The molecule has 0 saturated heterocycles. The first-order valence-corrected chi connectivity index (χ1v) is 8.72. The fraction of sp³-hybridized carbons (Fsp3) is 0.350. The lowest BCUT2D eigenvalue weighted by Crippen LogP contribution is -2.37. The highest BCUT2D eigenvalue weighted by atomic mass is 19.3. The topological polar surface area (TPSA) is 50.8 Å². The number of hydrogen-bond acceptors (Lipinski definition) is 4. The predicted molar refractivity (Wildman–Crippen MR) is 100 cm³/mol. The molecular formula is C20H24F2N2O3. The van der Waals surface area contributed by atoms with Crippen molar-refractivity contribution < 1.29 is 23.0 Å². The molecule has 1 unspecified atom stereocenters. The van der Waals surface area contributed by atoms with Gasteiger partial charge in [0.05, 0.1) is 7.11 Å². The third kappa shape index (κ3) is 5.40. The molecule has 0 heterocycles. The van der Waals surface area contributed by atoms with Crippen LogP contribution in [-0.2, 0) is 4.79 Å². The van der Waals surface area contributed by atoms with Crippen LogP contribution >= 0.6 is 0 Å². The van der Waals surface area contributed by atoms with E-state index >= 15 is 0 Å². The molecule has 2 rings (SSSR count). The number of nitrogens with zero attached hydrogens (tertiary/aromatic N) is 1. The van der Waals surface area contributed by atoms with Crippen molar-refractivity contribution in [3.8, 4) is 11.5 Å². The SMILES string of the molecule is CCN(CC)C(C(=O)Nc1ccc(OC)c(OC(F)F)c1)c1ccccc1. The zero-order valence-electron chi connectivity index (χ0n) is 15.6. The summed E-state index contributed by atoms with van der Waals surface area (Å²) in [5, 5.41) is 2.79. The van der Waals surface area contributed by atoms with Crippen LogP contribution in [-0.4, -0.2) is 37.6 Å². The Morgan fingerprint density at radius 3 is 2.30 bits per heavy atom. The Bertz CT molecular complexity index is 737. The highest BCUT2D eigenvalue weighted by Crippen LogP contribution is 2.32. The highest BCUT2D eigenvalue weighted by Gasteiger charge is 2.26. The van der Waals surface area contributed by atoms with Gasteiger partial charge in [-0.15, -0.1) is 0 Å². The Hall–Kier alpha value is -2.67. The lowest BCUT2D eigenvalue weighted by Gasteiger charge is -2.29. The summed E-state index contributed by atoms with van der Waals surface area (Å²) >= 11 is 0. The second-order valence-electron chi connectivity index (χ2n) is 5.77. The van der Waals surface area contributed by atoms with Gasteiger partial charge in [0.1, 0.15) is 6.04 Å². The van der Waals surface area contributed by atoms with E-state index in [1.54, 1.807) is 6.07 Å². The smallest absolute Gasteiger partial charge is 0.387 e. The summed E-state index contributed by atoms with van der Waals surface area (Å²) in [5.41, 5.74) is 1.21. The average molecular weight is 378 g/mol. The van der Waals surface area contributed by atoms with Crippen LogP contribution in [0.4, 0.5) is 14.5 Å². The Balaban J connectivity index is 2.29. The van der Waals surface area contributed by atoms with E-state index in [1.807, 2.05) is 49.1 Å². The van der Waals surface area contributed by atoms with Crippen molar-refractivity contribution in [1.29, 1.82) is 0 Å². The number of benzene rings is 2. The quantitative estimate of drug-likeness (QED) is 0.706. The van der Waals surface area contributed by atoms with Crippen LogP contribution in [0, 0.1) is 0 Å². The molecule has 27 heavy (non-hydrogen) atoms. The minimum absolute atomic E-state index is 0.135. The van der Waals surface area contributed by atoms with Gasteiger partial charge in [0.15, 0.2) is 11.5 Å². The first kappa shape index (κ1) is 20.6. The standard InChI is InChI=1S/C20H24F2N2O3/c1-4-24(5-2)18(14-9-7-6-8-10-14)19(25)23-15-11-12-16(26-3)17(13-15)27-20(21)22/h6-13,18,20H,4-5H2,1-3H3,(H,23,25). The highest BCUT2D eigenvalue weighted by molar-refractivity contribution is 5.95. The van der Waals surface area contributed by atoms with Crippen molar-refractivity contribution in [2.45, 2.75) is 26.5 Å². The number of carbonyl (C=O) groups is 1. The van der Waals surface area contributed by atoms with Crippen LogP contribution in [0.2, 0.25) is 0 Å². The summed E-state index contributed by atoms with van der Waals surface area (Å²) in [7, 11) is 1.36. The number of rotatable bonds is 9. The van der Waals surface area contributed by atoms with Gasteiger partial charge in [-0.3, -0.25) is 9.69 Å². The van der Waals surface area contributed by atoms with Crippen molar-refractivity contribution >= 4 is 11.6 Å². The predicted octanol–water partition coefficient (Wildman–Crippen LogP) is 4.32. The van der Waals surface area contributed by atoms with Crippen molar-refractivity contribution in [1.82, 2.24) is 4.90 Å². The van der Waals surface area contributed by atoms with E-state index in [0.717, 1.165) is 5.56 Å². The van der Waals surface area contributed by atoms with Crippen LogP contribution in [0.15, 0.2) is 48.5 Å². The molecule has 1 N–H and O–H groups in total. The van der Waals surface area contributed by atoms with E-state index in [2.05, 4.69) is 10.1 Å². The first-order valence-electron chi connectivity index (χ1n) is 8.72. The van der Waals surface area contributed by atoms with Gasteiger partial charge in [0.25, 0.3) is 0 Å². The average Bonchev–Trinajstić information content (AvgIpc) is 2.66. The maximum Gasteiger partial charge on any atom is 0.387 e. The molecule has 0 aliphatic heterocycles. The molecule has 2 aromatic rings. The summed E-state index contributed by atoms with van der Waals surface area (Å²) in [6.07, 6.45) is 0. The zero-order chi connectivity index (χ0) is 19.8. The molecule has 0 aromatic heterocycles. The lowest BCUT2D eigenvalue weighted by molar-refractivity contribution is -0.121. The maximum absolute atomic E-state index is 13.0. The van der Waals surface area contributed by atoms with Crippen LogP contribution in [0.5, 0.6) is 11.5 Å².